The Morgan fingerprint density at radius 3 is 2.83 bits per heavy atom. The summed E-state index contributed by atoms with van der Waals surface area (Å²) in [6.45, 7) is 2.04. The van der Waals surface area contributed by atoms with Gasteiger partial charge in [0, 0.05) is 18.2 Å². The molecule has 1 atom stereocenters. The molecule has 0 aromatic heterocycles. The van der Waals surface area contributed by atoms with Gasteiger partial charge in [0.2, 0.25) is 5.90 Å². The first-order chi connectivity index (χ1) is 5.83. The fourth-order valence-corrected chi connectivity index (χ4v) is 1.51. The van der Waals surface area contributed by atoms with Gasteiger partial charge in [-0.3, -0.25) is 4.99 Å². The summed E-state index contributed by atoms with van der Waals surface area (Å²) in [4.78, 5) is 4.07. The van der Waals surface area contributed by atoms with Crippen molar-refractivity contribution in [3.05, 3.63) is 35.4 Å². The molecule has 1 heterocycles. The van der Waals surface area contributed by atoms with Gasteiger partial charge in [0.25, 0.3) is 0 Å². The Kier molecular flexibility index (Phi) is 1.61. The van der Waals surface area contributed by atoms with Crippen LogP contribution in [-0.4, -0.2) is 12.9 Å². The minimum absolute atomic E-state index is 0.153. The lowest BCUT2D eigenvalue weighted by Crippen LogP contribution is -1.96. The van der Waals surface area contributed by atoms with Crippen molar-refractivity contribution in [3.8, 4) is 0 Å². The van der Waals surface area contributed by atoms with Crippen LogP contribution in [0.2, 0.25) is 0 Å². The maximum absolute atomic E-state index is 5.53. The Labute approximate surface area is 71.9 Å². The molecule has 1 aromatic carbocycles. The van der Waals surface area contributed by atoms with Gasteiger partial charge >= 0.3 is 0 Å². The van der Waals surface area contributed by atoms with Crippen molar-refractivity contribution in [3.63, 3.8) is 0 Å². The van der Waals surface area contributed by atoms with E-state index in [-0.39, 0.29) is 6.10 Å². The third-order valence-corrected chi connectivity index (χ3v) is 2.12. The molecule has 62 valence electrons. The highest BCUT2D eigenvalue weighted by atomic mass is 16.5. The fourth-order valence-electron chi connectivity index (χ4n) is 1.51. The Bertz CT molecular complexity index is 330. The number of benzene rings is 1. The molecule has 0 saturated heterocycles. The zero-order valence-corrected chi connectivity index (χ0v) is 7.24. The Morgan fingerprint density at radius 2 is 2.08 bits per heavy atom. The highest BCUT2D eigenvalue weighted by Gasteiger charge is 2.24. The second-order valence-corrected chi connectivity index (χ2v) is 2.88. The molecule has 12 heavy (non-hydrogen) atoms. The number of ether oxygens (including phenoxy) is 1. The Balaban J connectivity index is 2.57. The monoisotopic (exact) mass is 161 g/mol. The van der Waals surface area contributed by atoms with E-state index < -0.39 is 0 Å². The van der Waals surface area contributed by atoms with Gasteiger partial charge in [0.05, 0.1) is 0 Å². The van der Waals surface area contributed by atoms with Crippen LogP contribution < -0.4 is 0 Å². The van der Waals surface area contributed by atoms with E-state index in [4.69, 9.17) is 4.74 Å². The molecule has 0 bridgehead atoms. The van der Waals surface area contributed by atoms with Crippen molar-refractivity contribution >= 4 is 5.90 Å². The molecule has 1 aliphatic rings. The van der Waals surface area contributed by atoms with E-state index in [9.17, 15) is 0 Å². The zero-order chi connectivity index (χ0) is 8.55. The predicted molar refractivity (Wildman–Crippen MR) is 48.4 cm³/mol. The molecule has 0 radical (unpaired) electrons. The molecule has 0 fully saturated rings. The average Bonchev–Trinajstić information content (AvgIpc) is 2.44. The van der Waals surface area contributed by atoms with Gasteiger partial charge < -0.3 is 4.74 Å². The van der Waals surface area contributed by atoms with Crippen LogP contribution >= 0.6 is 0 Å². The summed E-state index contributed by atoms with van der Waals surface area (Å²) in [5.74, 6) is 0.762. The third kappa shape index (κ3) is 0.916. The van der Waals surface area contributed by atoms with Crippen molar-refractivity contribution in [1.29, 1.82) is 0 Å². The van der Waals surface area contributed by atoms with Gasteiger partial charge in [-0.25, -0.2) is 0 Å². The SMILES string of the molecule is CN=C1OC(C)c2ccccc21. The minimum Gasteiger partial charge on any atom is -0.470 e. The highest BCUT2D eigenvalue weighted by Crippen LogP contribution is 2.29. The quantitative estimate of drug-likeness (QED) is 0.571. The third-order valence-electron chi connectivity index (χ3n) is 2.12. The molecule has 2 nitrogen and oxygen atoms in total. The second-order valence-electron chi connectivity index (χ2n) is 2.88. The van der Waals surface area contributed by atoms with E-state index in [1.54, 1.807) is 7.05 Å². The molecule has 0 spiro atoms. The van der Waals surface area contributed by atoms with E-state index >= 15 is 0 Å². The summed E-state index contributed by atoms with van der Waals surface area (Å²) in [6.07, 6.45) is 0.153. The average molecular weight is 161 g/mol. The molecular formula is C10H11NO. The van der Waals surface area contributed by atoms with Crippen molar-refractivity contribution < 1.29 is 4.74 Å². The number of hydrogen-bond acceptors (Lipinski definition) is 2. The second kappa shape index (κ2) is 2.63. The molecule has 1 aliphatic heterocycles. The first-order valence-electron chi connectivity index (χ1n) is 4.05. The van der Waals surface area contributed by atoms with Crippen LogP contribution in [0.4, 0.5) is 0 Å². The van der Waals surface area contributed by atoms with Crippen molar-refractivity contribution in [1.82, 2.24) is 0 Å². The maximum atomic E-state index is 5.53. The van der Waals surface area contributed by atoms with E-state index in [1.165, 1.54) is 5.56 Å². The molecule has 0 N–H and O–H groups in total. The summed E-state index contributed by atoms with van der Waals surface area (Å²) >= 11 is 0. The Morgan fingerprint density at radius 1 is 1.33 bits per heavy atom. The molecule has 2 rings (SSSR count). The maximum Gasteiger partial charge on any atom is 0.216 e. The van der Waals surface area contributed by atoms with Gasteiger partial charge in [0.1, 0.15) is 6.10 Å². The van der Waals surface area contributed by atoms with Crippen LogP contribution in [0, 0.1) is 0 Å². The first kappa shape index (κ1) is 7.35. The van der Waals surface area contributed by atoms with Crippen LogP contribution in [-0.2, 0) is 4.74 Å². The van der Waals surface area contributed by atoms with Gasteiger partial charge in [-0.1, -0.05) is 18.2 Å². The van der Waals surface area contributed by atoms with Crippen molar-refractivity contribution in [2.24, 2.45) is 4.99 Å². The van der Waals surface area contributed by atoms with E-state index in [1.807, 2.05) is 25.1 Å². The van der Waals surface area contributed by atoms with Gasteiger partial charge in [-0.15, -0.1) is 0 Å². The summed E-state index contributed by atoms with van der Waals surface area (Å²) in [6, 6.07) is 8.15. The van der Waals surface area contributed by atoms with Crippen LogP contribution in [0.15, 0.2) is 29.3 Å². The van der Waals surface area contributed by atoms with Crippen LogP contribution in [0.1, 0.15) is 24.2 Å². The van der Waals surface area contributed by atoms with E-state index in [2.05, 4.69) is 11.1 Å². The number of aliphatic imine (C=N–C) groups is 1. The lowest BCUT2D eigenvalue weighted by molar-refractivity contribution is 0.231. The lowest BCUT2D eigenvalue weighted by atomic mass is 10.1. The standard InChI is InChI=1S/C10H11NO/c1-7-8-5-3-4-6-9(8)10(11-2)12-7/h3-7H,1-2H3. The molecule has 0 saturated carbocycles. The lowest BCUT2D eigenvalue weighted by Gasteiger charge is -2.01. The summed E-state index contributed by atoms with van der Waals surface area (Å²) in [7, 11) is 1.75. The number of fused-ring (bicyclic) bond motifs is 1. The number of rotatable bonds is 0. The molecule has 1 unspecified atom stereocenters. The van der Waals surface area contributed by atoms with E-state index in [0.717, 1.165) is 11.5 Å². The smallest absolute Gasteiger partial charge is 0.216 e. The number of nitrogens with zero attached hydrogens (tertiary/aromatic N) is 1. The minimum atomic E-state index is 0.153. The summed E-state index contributed by atoms with van der Waals surface area (Å²) in [5.41, 5.74) is 2.37. The van der Waals surface area contributed by atoms with Gasteiger partial charge in [0.15, 0.2) is 0 Å². The largest absolute Gasteiger partial charge is 0.470 e. The van der Waals surface area contributed by atoms with Crippen LogP contribution in [0.5, 0.6) is 0 Å². The Hall–Kier alpha value is -1.31. The van der Waals surface area contributed by atoms with Crippen LogP contribution in [0.3, 0.4) is 0 Å². The first-order valence-corrected chi connectivity index (χ1v) is 4.05. The molecule has 2 heteroatoms. The predicted octanol–water partition coefficient (Wildman–Crippen LogP) is 2.15. The van der Waals surface area contributed by atoms with Crippen molar-refractivity contribution in [2.45, 2.75) is 13.0 Å². The fraction of sp³-hybridized carbons (Fsp3) is 0.300. The molecule has 0 amide bonds. The van der Waals surface area contributed by atoms with Crippen molar-refractivity contribution in [2.75, 3.05) is 7.05 Å². The van der Waals surface area contributed by atoms with Gasteiger partial charge in [-0.05, 0) is 13.0 Å². The molecule has 0 aliphatic carbocycles. The zero-order valence-electron chi connectivity index (χ0n) is 7.24. The topological polar surface area (TPSA) is 21.6 Å². The molecular weight excluding hydrogens is 150 g/mol. The normalized spacial score (nSPS) is 23.8. The summed E-state index contributed by atoms with van der Waals surface area (Å²) in [5, 5.41) is 0. The van der Waals surface area contributed by atoms with Gasteiger partial charge in [-0.2, -0.15) is 0 Å². The van der Waals surface area contributed by atoms with Crippen LogP contribution in [0.25, 0.3) is 0 Å². The van der Waals surface area contributed by atoms with E-state index in [0.29, 0.717) is 0 Å². The summed E-state index contributed by atoms with van der Waals surface area (Å²) < 4.78 is 5.53. The molecule has 1 aromatic rings. The highest BCUT2D eigenvalue weighted by molar-refractivity contribution is 5.98. The number of hydrogen-bond donors (Lipinski definition) is 0.